The van der Waals surface area contributed by atoms with Gasteiger partial charge in [-0.3, -0.25) is 0 Å². The van der Waals surface area contributed by atoms with Crippen LogP contribution in [0.4, 0.5) is 0 Å². The molecule has 92 valence electrons. The van der Waals surface area contributed by atoms with Gasteiger partial charge in [-0.15, -0.1) is 0 Å². The molecule has 0 unspecified atom stereocenters. The molecule has 5 nitrogen and oxygen atoms in total. The summed E-state index contributed by atoms with van der Waals surface area (Å²) in [4.78, 5) is 8.88. The van der Waals surface area contributed by atoms with Crippen LogP contribution in [0.3, 0.4) is 0 Å². The van der Waals surface area contributed by atoms with E-state index in [-0.39, 0.29) is 0 Å². The summed E-state index contributed by atoms with van der Waals surface area (Å²) < 4.78 is 4.08. The maximum absolute atomic E-state index is 4.56. The highest BCUT2D eigenvalue weighted by molar-refractivity contribution is 5.39. The molecule has 0 radical (unpaired) electrons. The van der Waals surface area contributed by atoms with E-state index in [4.69, 9.17) is 0 Å². The Morgan fingerprint density at radius 3 is 3.00 bits per heavy atom. The molecular formula is C13H15N5. The van der Waals surface area contributed by atoms with Crippen LogP contribution in [0.5, 0.6) is 0 Å². The van der Waals surface area contributed by atoms with Gasteiger partial charge in [0.05, 0.1) is 24.3 Å². The molecule has 0 saturated carbocycles. The molecule has 3 heterocycles. The predicted molar refractivity (Wildman–Crippen MR) is 69.3 cm³/mol. The molecule has 0 fully saturated rings. The molecule has 0 aliphatic carbocycles. The van der Waals surface area contributed by atoms with Gasteiger partial charge in [0.25, 0.3) is 0 Å². The Bertz CT molecular complexity index is 619. The SMILES string of the molecule is CNCc1cn(Cc2cn3ccccc3n2)cn1. The number of nitrogens with zero attached hydrogens (tertiary/aromatic N) is 4. The smallest absolute Gasteiger partial charge is 0.137 e. The van der Waals surface area contributed by atoms with Crippen LogP contribution >= 0.6 is 0 Å². The van der Waals surface area contributed by atoms with E-state index in [0.717, 1.165) is 30.1 Å². The number of imidazole rings is 2. The molecule has 0 aromatic carbocycles. The lowest BCUT2D eigenvalue weighted by Crippen LogP contribution is -2.05. The zero-order valence-electron chi connectivity index (χ0n) is 10.2. The van der Waals surface area contributed by atoms with Crippen molar-refractivity contribution in [1.82, 2.24) is 24.3 Å². The first-order valence-corrected chi connectivity index (χ1v) is 5.93. The van der Waals surface area contributed by atoms with E-state index in [2.05, 4.69) is 19.9 Å². The van der Waals surface area contributed by atoms with Gasteiger partial charge in [-0.05, 0) is 19.2 Å². The van der Waals surface area contributed by atoms with Gasteiger partial charge in [0.15, 0.2) is 0 Å². The topological polar surface area (TPSA) is 47.2 Å². The summed E-state index contributed by atoms with van der Waals surface area (Å²) >= 11 is 0. The average Bonchev–Trinajstić information content (AvgIpc) is 2.96. The van der Waals surface area contributed by atoms with Gasteiger partial charge < -0.3 is 14.3 Å². The standard InChI is InChI=1S/C13H15N5/c1-14-6-11-7-17(10-15-11)8-12-9-18-5-3-2-4-13(18)16-12/h2-5,7,9-10,14H,6,8H2,1H3. The number of hydrogen-bond acceptors (Lipinski definition) is 3. The third-order valence-electron chi connectivity index (χ3n) is 2.80. The molecule has 0 amide bonds. The highest BCUT2D eigenvalue weighted by Gasteiger charge is 2.03. The van der Waals surface area contributed by atoms with Crippen molar-refractivity contribution in [2.24, 2.45) is 0 Å². The Labute approximate surface area is 105 Å². The van der Waals surface area contributed by atoms with E-state index in [0.29, 0.717) is 0 Å². The van der Waals surface area contributed by atoms with Crippen molar-refractivity contribution in [2.45, 2.75) is 13.1 Å². The van der Waals surface area contributed by atoms with Crippen molar-refractivity contribution in [3.63, 3.8) is 0 Å². The normalized spacial score (nSPS) is 11.2. The average molecular weight is 241 g/mol. The van der Waals surface area contributed by atoms with Crippen molar-refractivity contribution in [2.75, 3.05) is 7.05 Å². The van der Waals surface area contributed by atoms with Crippen molar-refractivity contribution < 1.29 is 0 Å². The van der Waals surface area contributed by atoms with E-state index in [1.165, 1.54) is 0 Å². The van der Waals surface area contributed by atoms with Crippen molar-refractivity contribution in [1.29, 1.82) is 0 Å². The predicted octanol–water partition coefficient (Wildman–Crippen LogP) is 1.30. The Hall–Kier alpha value is -2.14. The molecule has 0 spiro atoms. The number of fused-ring (bicyclic) bond motifs is 1. The molecular weight excluding hydrogens is 226 g/mol. The Morgan fingerprint density at radius 1 is 1.22 bits per heavy atom. The summed E-state index contributed by atoms with van der Waals surface area (Å²) in [5, 5.41) is 3.09. The van der Waals surface area contributed by atoms with Crippen LogP contribution in [0.1, 0.15) is 11.4 Å². The zero-order chi connectivity index (χ0) is 12.4. The highest BCUT2D eigenvalue weighted by atomic mass is 15.1. The van der Waals surface area contributed by atoms with Gasteiger partial charge in [-0.25, -0.2) is 9.97 Å². The lowest BCUT2D eigenvalue weighted by atomic mass is 10.4. The number of hydrogen-bond donors (Lipinski definition) is 1. The third-order valence-corrected chi connectivity index (χ3v) is 2.80. The quantitative estimate of drug-likeness (QED) is 0.749. The molecule has 0 aliphatic heterocycles. The number of nitrogens with one attached hydrogen (secondary N) is 1. The summed E-state index contributed by atoms with van der Waals surface area (Å²) in [7, 11) is 1.92. The number of pyridine rings is 1. The van der Waals surface area contributed by atoms with Crippen molar-refractivity contribution in [3.8, 4) is 0 Å². The first kappa shape index (κ1) is 11.0. The molecule has 5 heteroatoms. The monoisotopic (exact) mass is 241 g/mol. The largest absolute Gasteiger partial charge is 0.331 e. The molecule has 18 heavy (non-hydrogen) atoms. The molecule has 0 saturated heterocycles. The van der Waals surface area contributed by atoms with Gasteiger partial charge in [-0.1, -0.05) is 6.07 Å². The molecule has 3 aromatic rings. The van der Waals surface area contributed by atoms with Crippen LogP contribution in [0, 0.1) is 0 Å². The number of aromatic nitrogens is 4. The second-order valence-corrected chi connectivity index (χ2v) is 4.27. The minimum atomic E-state index is 0.748. The van der Waals surface area contributed by atoms with Crippen LogP contribution in [0.15, 0.2) is 43.1 Å². The zero-order valence-corrected chi connectivity index (χ0v) is 10.2. The lowest BCUT2D eigenvalue weighted by Gasteiger charge is -1.96. The second-order valence-electron chi connectivity index (χ2n) is 4.27. The fraction of sp³-hybridized carbons (Fsp3) is 0.231. The van der Waals surface area contributed by atoms with Crippen molar-refractivity contribution >= 4 is 5.65 Å². The van der Waals surface area contributed by atoms with Gasteiger partial charge >= 0.3 is 0 Å². The van der Waals surface area contributed by atoms with Crippen LogP contribution in [-0.4, -0.2) is 26.0 Å². The van der Waals surface area contributed by atoms with Crippen LogP contribution in [-0.2, 0) is 13.1 Å². The minimum Gasteiger partial charge on any atom is -0.331 e. The lowest BCUT2D eigenvalue weighted by molar-refractivity contribution is 0.770. The maximum Gasteiger partial charge on any atom is 0.137 e. The fourth-order valence-electron chi connectivity index (χ4n) is 2.02. The Balaban J connectivity index is 1.82. The van der Waals surface area contributed by atoms with Gasteiger partial charge in [0.2, 0.25) is 0 Å². The fourth-order valence-corrected chi connectivity index (χ4v) is 2.02. The van der Waals surface area contributed by atoms with Crippen molar-refractivity contribution in [3.05, 3.63) is 54.5 Å². The molecule has 3 aromatic heterocycles. The Morgan fingerprint density at radius 2 is 2.17 bits per heavy atom. The maximum atomic E-state index is 4.56. The van der Waals surface area contributed by atoms with E-state index >= 15 is 0 Å². The highest BCUT2D eigenvalue weighted by Crippen LogP contribution is 2.07. The van der Waals surface area contributed by atoms with E-state index in [9.17, 15) is 0 Å². The number of rotatable bonds is 4. The van der Waals surface area contributed by atoms with E-state index in [1.54, 1.807) is 0 Å². The molecule has 1 N–H and O–H groups in total. The molecule has 0 aliphatic rings. The third kappa shape index (κ3) is 2.12. The van der Waals surface area contributed by atoms with Gasteiger partial charge in [0.1, 0.15) is 5.65 Å². The summed E-state index contributed by atoms with van der Waals surface area (Å²) in [6.07, 6.45) is 7.94. The van der Waals surface area contributed by atoms with Gasteiger partial charge in [-0.2, -0.15) is 0 Å². The summed E-state index contributed by atoms with van der Waals surface area (Å²) in [5.74, 6) is 0. The summed E-state index contributed by atoms with van der Waals surface area (Å²) in [5.41, 5.74) is 3.05. The first-order chi connectivity index (χ1) is 8.85. The van der Waals surface area contributed by atoms with Crippen LogP contribution in [0.25, 0.3) is 5.65 Å². The van der Waals surface area contributed by atoms with Crippen LogP contribution in [0.2, 0.25) is 0 Å². The first-order valence-electron chi connectivity index (χ1n) is 5.93. The second kappa shape index (κ2) is 4.62. The molecule has 3 rings (SSSR count). The van der Waals surface area contributed by atoms with E-state index < -0.39 is 0 Å². The minimum absolute atomic E-state index is 0.748. The molecule has 0 atom stereocenters. The summed E-state index contributed by atoms with van der Waals surface area (Å²) in [6, 6.07) is 6.00. The van der Waals surface area contributed by atoms with Gasteiger partial charge in [0, 0.05) is 25.1 Å². The van der Waals surface area contributed by atoms with E-state index in [1.807, 2.05) is 54.6 Å². The molecule has 0 bridgehead atoms. The van der Waals surface area contributed by atoms with Crippen LogP contribution < -0.4 is 5.32 Å². The summed E-state index contributed by atoms with van der Waals surface area (Å²) in [6.45, 7) is 1.54. The Kier molecular flexibility index (Phi) is 2.82.